The van der Waals surface area contributed by atoms with E-state index in [1.54, 1.807) is 6.07 Å². The lowest BCUT2D eigenvalue weighted by Crippen LogP contribution is -2.10. The number of nitrogens with zero attached hydrogens (tertiary/aromatic N) is 6. The predicted molar refractivity (Wildman–Crippen MR) is 56.4 cm³/mol. The summed E-state index contributed by atoms with van der Waals surface area (Å²) in [6, 6.07) is 1.62. The highest BCUT2D eigenvalue weighted by molar-refractivity contribution is 5.41. The summed E-state index contributed by atoms with van der Waals surface area (Å²) in [5.74, 6) is 1.04. The number of fused-ring (bicyclic) bond motifs is 1. The molecule has 0 bridgehead atoms. The third kappa shape index (κ3) is 1.49. The molecule has 0 amide bonds. The standard InChI is InChI=1S/C8H8N8O/c9-2-5-10-4-16(14-5)6-1-7-12-13-8(17)15(7)3-11-6/h1,3-4H,2,9H2,(H,13,17). The molecule has 0 aromatic carbocycles. The highest BCUT2D eigenvalue weighted by atomic mass is 16.1. The summed E-state index contributed by atoms with van der Waals surface area (Å²) in [5, 5.41) is 10.3. The van der Waals surface area contributed by atoms with E-state index in [2.05, 4.69) is 25.3 Å². The highest BCUT2D eigenvalue weighted by Gasteiger charge is 2.06. The van der Waals surface area contributed by atoms with E-state index < -0.39 is 0 Å². The van der Waals surface area contributed by atoms with Gasteiger partial charge in [-0.2, -0.15) is 5.10 Å². The molecule has 9 heteroatoms. The highest BCUT2D eigenvalue weighted by Crippen LogP contribution is 2.03. The second-order valence-electron chi connectivity index (χ2n) is 3.31. The molecule has 3 heterocycles. The molecule has 17 heavy (non-hydrogen) atoms. The monoisotopic (exact) mass is 232 g/mol. The maximum Gasteiger partial charge on any atom is 0.348 e. The van der Waals surface area contributed by atoms with Gasteiger partial charge in [-0.15, -0.1) is 5.10 Å². The first kappa shape index (κ1) is 9.66. The first-order chi connectivity index (χ1) is 8.28. The largest absolute Gasteiger partial charge is 0.348 e. The van der Waals surface area contributed by atoms with Crippen LogP contribution in [0.15, 0.2) is 23.5 Å². The summed E-state index contributed by atoms with van der Waals surface area (Å²) in [7, 11) is 0. The SMILES string of the molecule is NCc1ncn(-c2cc3n[nH]c(=O)n3cn2)n1. The number of aromatic amines is 1. The molecule has 0 saturated carbocycles. The van der Waals surface area contributed by atoms with Crippen LogP contribution in [-0.4, -0.2) is 34.3 Å². The molecule has 3 rings (SSSR count). The predicted octanol–water partition coefficient (Wildman–Crippen LogP) is -1.54. The number of aromatic nitrogens is 7. The third-order valence-corrected chi connectivity index (χ3v) is 2.25. The van der Waals surface area contributed by atoms with Crippen molar-refractivity contribution >= 4 is 5.65 Å². The zero-order valence-corrected chi connectivity index (χ0v) is 8.61. The Labute approximate surface area is 93.9 Å². The fourth-order valence-electron chi connectivity index (χ4n) is 1.43. The van der Waals surface area contributed by atoms with Crippen molar-refractivity contribution in [3.8, 4) is 5.82 Å². The van der Waals surface area contributed by atoms with Crippen molar-refractivity contribution < 1.29 is 0 Å². The lowest BCUT2D eigenvalue weighted by molar-refractivity contribution is 0.801. The Morgan fingerprint density at radius 3 is 3.00 bits per heavy atom. The zero-order chi connectivity index (χ0) is 11.8. The number of H-pyrrole nitrogens is 1. The Bertz CT molecular complexity index is 722. The molecule has 0 radical (unpaired) electrons. The van der Waals surface area contributed by atoms with Crippen LogP contribution in [0.4, 0.5) is 0 Å². The molecule has 0 spiro atoms. The smallest absolute Gasteiger partial charge is 0.324 e. The summed E-state index contributed by atoms with van der Waals surface area (Å²) in [6.07, 6.45) is 2.88. The van der Waals surface area contributed by atoms with E-state index in [0.717, 1.165) is 0 Å². The quantitative estimate of drug-likeness (QED) is 0.552. The molecule has 0 fully saturated rings. The topological polar surface area (TPSA) is 120 Å². The van der Waals surface area contributed by atoms with E-state index in [-0.39, 0.29) is 12.2 Å². The molecule has 9 nitrogen and oxygen atoms in total. The van der Waals surface area contributed by atoms with Gasteiger partial charge < -0.3 is 5.73 Å². The van der Waals surface area contributed by atoms with E-state index in [1.165, 1.54) is 21.7 Å². The maximum atomic E-state index is 11.2. The minimum atomic E-state index is -0.333. The molecule has 0 aliphatic rings. The summed E-state index contributed by atoms with van der Waals surface area (Å²) in [5.41, 5.74) is 5.54. The van der Waals surface area contributed by atoms with Crippen LogP contribution in [0.25, 0.3) is 11.5 Å². The fourth-order valence-corrected chi connectivity index (χ4v) is 1.43. The van der Waals surface area contributed by atoms with Crippen molar-refractivity contribution in [1.82, 2.24) is 34.3 Å². The Morgan fingerprint density at radius 2 is 2.24 bits per heavy atom. The van der Waals surface area contributed by atoms with Crippen LogP contribution in [0.3, 0.4) is 0 Å². The van der Waals surface area contributed by atoms with Gasteiger partial charge in [0, 0.05) is 6.07 Å². The van der Waals surface area contributed by atoms with Gasteiger partial charge in [0.1, 0.15) is 12.7 Å². The molecule has 0 aliphatic carbocycles. The first-order valence-corrected chi connectivity index (χ1v) is 4.81. The van der Waals surface area contributed by atoms with Crippen LogP contribution >= 0.6 is 0 Å². The Morgan fingerprint density at radius 1 is 1.35 bits per heavy atom. The van der Waals surface area contributed by atoms with Crippen LogP contribution in [0.5, 0.6) is 0 Å². The number of hydrogen-bond donors (Lipinski definition) is 2. The average molecular weight is 232 g/mol. The zero-order valence-electron chi connectivity index (χ0n) is 8.61. The van der Waals surface area contributed by atoms with Gasteiger partial charge in [0.25, 0.3) is 0 Å². The third-order valence-electron chi connectivity index (χ3n) is 2.25. The molecule has 0 aliphatic heterocycles. The van der Waals surface area contributed by atoms with Gasteiger partial charge in [-0.05, 0) is 0 Å². The molecule has 0 unspecified atom stereocenters. The first-order valence-electron chi connectivity index (χ1n) is 4.81. The van der Waals surface area contributed by atoms with Crippen molar-refractivity contribution in [2.45, 2.75) is 6.54 Å². The van der Waals surface area contributed by atoms with Gasteiger partial charge >= 0.3 is 5.69 Å². The molecule has 86 valence electrons. The van der Waals surface area contributed by atoms with Gasteiger partial charge in [0.05, 0.1) is 6.54 Å². The van der Waals surface area contributed by atoms with Crippen LogP contribution in [0.1, 0.15) is 5.82 Å². The Balaban J connectivity index is 2.14. The Hall–Kier alpha value is -2.55. The molecular formula is C8H8N8O. The molecule has 3 N–H and O–H groups in total. The van der Waals surface area contributed by atoms with E-state index in [0.29, 0.717) is 17.3 Å². The van der Waals surface area contributed by atoms with Crippen LogP contribution in [0.2, 0.25) is 0 Å². The summed E-state index contributed by atoms with van der Waals surface area (Å²) in [4.78, 5) is 19.3. The van der Waals surface area contributed by atoms with Crippen LogP contribution < -0.4 is 11.4 Å². The molecule has 3 aromatic rings. The second kappa shape index (κ2) is 3.49. The minimum absolute atomic E-state index is 0.261. The number of nitrogens with two attached hydrogens (primary N) is 1. The van der Waals surface area contributed by atoms with Crippen LogP contribution in [0, 0.1) is 0 Å². The van der Waals surface area contributed by atoms with Gasteiger partial charge in [-0.3, -0.25) is 0 Å². The van der Waals surface area contributed by atoms with Gasteiger partial charge in [0.2, 0.25) is 0 Å². The second-order valence-corrected chi connectivity index (χ2v) is 3.31. The van der Waals surface area contributed by atoms with E-state index in [1.807, 2.05) is 0 Å². The molecule has 3 aromatic heterocycles. The lowest BCUT2D eigenvalue weighted by atomic mass is 10.5. The van der Waals surface area contributed by atoms with Gasteiger partial charge in [0.15, 0.2) is 17.3 Å². The van der Waals surface area contributed by atoms with Gasteiger partial charge in [-0.1, -0.05) is 0 Å². The maximum absolute atomic E-state index is 11.2. The normalized spacial score (nSPS) is 11.1. The fraction of sp³-hybridized carbons (Fsp3) is 0.125. The van der Waals surface area contributed by atoms with E-state index >= 15 is 0 Å². The van der Waals surface area contributed by atoms with E-state index in [9.17, 15) is 4.79 Å². The lowest BCUT2D eigenvalue weighted by Gasteiger charge is -1.98. The van der Waals surface area contributed by atoms with Crippen molar-refractivity contribution in [3.63, 3.8) is 0 Å². The van der Waals surface area contributed by atoms with Crippen molar-refractivity contribution in [1.29, 1.82) is 0 Å². The summed E-state index contributed by atoms with van der Waals surface area (Å²) >= 11 is 0. The molecule has 0 saturated heterocycles. The van der Waals surface area contributed by atoms with Gasteiger partial charge in [-0.25, -0.2) is 28.9 Å². The number of hydrogen-bond acceptors (Lipinski definition) is 6. The Kier molecular flexibility index (Phi) is 1.98. The number of nitrogens with one attached hydrogen (secondary N) is 1. The molecule has 0 atom stereocenters. The molecular weight excluding hydrogens is 224 g/mol. The minimum Gasteiger partial charge on any atom is -0.324 e. The van der Waals surface area contributed by atoms with Crippen LogP contribution in [-0.2, 0) is 6.54 Å². The number of rotatable bonds is 2. The summed E-state index contributed by atoms with van der Waals surface area (Å²) in [6.45, 7) is 0.261. The van der Waals surface area contributed by atoms with Crippen molar-refractivity contribution in [3.05, 3.63) is 35.0 Å². The summed E-state index contributed by atoms with van der Waals surface area (Å²) < 4.78 is 2.77. The van der Waals surface area contributed by atoms with Crippen molar-refractivity contribution in [2.75, 3.05) is 0 Å². The van der Waals surface area contributed by atoms with Crippen molar-refractivity contribution in [2.24, 2.45) is 5.73 Å². The average Bonchev–Trinajstić information content (AvgIpc) is 2.96. The van der Waals surface area contributed by atoms with E-state index in [4.69, 9.17) is 5.73 Å².